The van der Waals surface area contributed by atoms with E-state index in [2.05, 4.69) is 10.6 Å². The second-order valence-corrected chi connectivity index (χ2v) is 8.09. The molecule has 0 aromatic carbocycles. The molecule has 3 amide bonds. The predicted octanol–water partition coefficient (Wildman–Crippen LogP) is 0.203. The number of hydrogen-bond donors (Lipinski definition) is 3. The summed E-state index contributed by atoms with van der Waals surface area (Å²) in [5.41, 5.74) is 0. The number of rotatable bonds is 9. The first-order valence-electron chi connectivity index (χ1n) is 10.2. The van der Waals surface area contributed by atoms with Crippen LogP contribution in [0.15, 0.2) is 0 Å². The third-order valence-electron chi connectivity index (χ3n) is 5.03. The fourth-order valence-electron chi connectivity index (χ4n) is 3.46. The van der Waals surface area contributed by atoms with Crippen molar-refractivity contribution in [2.24, 2.45) is 11.8 Å². The van der Waals surface area contributed by atoms with Crippen LogP contribution in [0.3, 0.4) is 0 Å². The quantitative estimate of drug-likeness (QED) is 0.464. The second-order valence-electron chi connectivity index (χ2n) is 8.09. The summed E-state index contributed by atoms with van der Waals surface area (Å²) in [7, 11) is 0. The van der Waals surface area contributed by atoms with Gasteiger partial charge >= 0.3 is 5.97 Å². The molecule has 29 heavy (non-hydrogen) atoms. The van der Waals surface area contributed by atoms with Crippen molar-refractivity contribution in [2.75, 3.05) is 13.2 Å². The largest absolute Gasteiger partial charge is 0.464 e. The Kier molecular flexibility index (Phi) is 9.55. The van der Waals surface area contributed by atoms with Crippen LogP contribution < -0.4 is 10.6 Å². The number of nitrogens with one attached hydrogen (secondary N) is 2. The Morgan fingerprint density at radius 2 is 1.72 bits per heavy atom. The summed E-state index contributed by atoms with van der Waals surface area (Å²) >= 11 is 0. The molecule has 166 valence electrons. The number of amides is 3. The fraction of sp³-hybridized carbons (Fsp3) is 0.800. The molecule has 0 aromatic heterocycles. The molecule has 1 fully saturated rings. The zero-order chi connectivity index (χ0) is 22.3. The van der Waals surface area contributed by atoms with Gasteiger partial charge in [-0.3, -0.25) is 14.4 Å². The normalized spacial score (nSPS) is 19.6. The van der Waals surface area contributed by atoms with Gasteiger partial charge in [0.1, 0.15) is 12.1 Å². The van der Waals surface area contributed by atoms with Crippen LogP contribution in [0.2, 0.25) is 0 Å². The zero-order valence-electron chi connectivity index (χ0n) is 18.2. The number of likely N-dealkylation sites (tertiary alicyclic amines) is 1. The summed E-state index contributed by atoms with van der Waals surface area (Å²) in [5.74, 6) is -2.20. The molecular formula is C20H35N3O6. The lowest BCUT2D eigenvalue weighted by atomic mass is 9.97. The number of nitrogens with zero attached hydrogens (tertiary/aromatic N) is 1. The van der Waals surface area contributed by atoms with E-state index in [1.807, 2.05) is 13.8 Å². The van der Waals surface area contributed by atoms with Crippen molar-refractivity contribution in [3.8, 4) is 0 Å². The van der Waals surface area contributed by atoms with Crippen molar-refractivity contribution >= 4 is 23.7 Å². The summed E-state index contributed by atoms with van der Waals surface area (Å²) in [6.07, 6.45) is -0.364. The van der Waals surface area contributed by atoms with Crippen molar-refractivity contribution in [1.29, 1.82) is 0 Å². The van der Waals surface area contributed by atoms with Crippen LogP contribution in [0, 0.1) is 11.8 Å². The summed E-state index contributed by atoms with van der Waals surface area (Å²) in [4.78, 5) is 50.8. The van der Waals surface area contributed by atoms with Gasteiger partial charge in [0.2, 0.25) is 17.7 Å². The lowest BCUT2D eigenvalue weighted by Gasteiger charge is -2.32. The van der Waals surface area contributed by atoms with E-state index in [9.17, 15) is 24.3 Å². The van der Waals surface area contributed by atoms with Crippen LogP contribution in [0.4, 0.5) is 0 Å². The first-order valence-corrected chi connectivity index (χ1v) is 10.2. The lowest BCUT2D eigenvalue weighted by Crippen LogP contribution is -2.58. The Hall–Kier alpha value is -2.16. The zero-order valence-corrected chi connectivity index (χ0v) is 18.2. The molecule has 2 unspecified atom stereocenters. The van der Waals surface area contributed by atoms with Crippen molar-refractivity contribution in [3.05, 3.63) is 0 Å². The monoisotopic (exact) mass is 413 g/mol. The molecule has 0 aromatic rings. The van der Waals surface area contributed by atoms with Gasteiger partial charge in [-0.05, 0) is 31.6 Å². The Balaban J connectivity index is 2.94. The molecule has 0 saturated carbocycles. The van der Waals surface area contributed by atoms with Gasteiger partial charge in [0.05, 0.1) is 12.6 Å². The van der Waals surface area contributed by atoms with E-state index in [-0.39, 0.29) is 30.3 Å². The van der Waals surface area contributed by atoms with Crippen molar-refractivity contribution in [1.82, 2.24) is 15.5 Å². The van der Waals surface area contributed by atoms with Crippen LogP contribution >= 0.6 is 0 Å². The van der Waals surface area contributed by atoms with E-state index in [0.29, 0.717) is 19.4 Å². The van der Waals surface area contributed by atoms with E-state index in [1.54, 1.807) is 20.8 Å². The highest BCUT2D eigenvalue weighted by atomic mass is 16.5. The molecule has 4 atom stereocenters. The Bertz CT molecular complexity index is 607. The number of carbonyl (C=O) groups is 4. The van der Waals surface area contributed by atoms with Crippen molar-refractivity contribution in [2.45, 2.75) is 78.6 Å². The topological polar surface area (TPSA) is 125 Å². The minimum Gasteiger partial charge on any atom is -0.464 e. The Morgan fingerprint density at radius 3 is 2.21 bits per heavy atom. The molecule has 1 heterocycles. The minimum atomic E-state index is -1.49. The smallest absolute Gasteiger partial charge is 0.337 e. The standard InChI is InChI=1S/C20H35N3O6/c1-7-29-20(28)17(25)15(11(2)3)22-18(26)14-9-8-10-23(14)19(27)16(12(4)5)21-13(6)24/h11-12,14-17,25H,7-10H2,1-6H3,(H,21,24)(H,22,26)/t14-,15?,16-,17?/m0/s1. The highest BCUT2D eigenvalue weighted by molar-refractivity contribution is 5.92. The van der Waals surface area contributed by atoms with E-state index in [0.717, 1.165) is 0 Å². The molecule has 3 N–H and O–H groups in total. The van der Waals surface area contributed by atoms with Gasteiger partial charge in [0, 0.05) is 13.5 Å². The molecule has 1 rings (SSSR count). The molecule has 9 heteroatoms. The van der Waals surface area contributed by atoms with Gasteiger partial charge in [-0.15, -0.1) is 0 Å². The lowest BCUT2D eigenvalue weighted by molar-refractivity contribution is -0.156. The number of aliphatic hydroxyl groups excluding tert-OH is 1. The maximum atomic E-state index is 13.0. The first-order chi connectivity index (χ1) is 13.5. The Labute approximate surface area is 172 Å². The van der Waals surface area contributed by atoms with Crippen molar-refractivity contribution < 1.29 is 29.0 Å². The summed E-state index contributed by atoms with van der Waals surface area (Å²) in [6, 6.07) is -2.27. The highest BCUT2D eigenvalue weighted by Gasteiger charge is 2.40. The first kappa shape index (κ1) is 24.9. The minimum absolute atomic E-state index is 0.124. The van der Waals surface area contributed by atoms with Gasteiger partial charge in [0.15, 0.2) is 6.10 Å². The SMILES string of the molecule is CCOC(=O)C(O)C(NC(=O)[C@@H]1CCCN1C(=O)[C@@H](NC(C)=O)C(C)C)C(C)C. The average Bonchev–Trinajstić information content (AvgIpc) is 3.12. The predicted molar refractivity (Wildman–Crippen MR) is 107 cm³/mol. The van der Waals surface area contributed by atoms with Gasteiger partial charge in [-0.1, -0.05) is 27.7 Å². The number of ether oxygens (including phenoxy) is 1. The maximum Gasteiger partial charge on any atom is 0.337 e. The van der Waals surface area contributed by atoms with Gasteiger partial charge in [-0.25, -0.2) is 4.79 Å². The molecule has 1 aliphatic rings. The summed E-state index contributed by atoms with van der Waals surface area (Å²) < 4.78 is 4.85. The van der Waals surface area contributed by atoms with Crippen LogP contribution in [0.5, 0.6) is 0 Å². The molecule has 9 nitrogen and oxygen atoms in total. The van der Waals surface area contributed by atoms with Crippen LogP contribution in [-0.4, -0.2) is 71.1 Å². The molecule has 0 bridgehead atoms. The van der Waals surface area contributed by atoms with Crippen LogP contribution in [0.1, 0.15) is 54.4 Å². The number of esters is 1. The van der Waals surface area contributed by atoms with Crippen molar-refractivity contribution in [3.63, 3.8) is 0 Å². The summed E-state index contributed by atoms with van der Waals surface area (Å²) in [6.45, 7) is 10.7. The van der Waals surface area contributed by atoms with E-state index < -0.39 is 36.1 Å². The maximum absolute atomic E-state index is 13.0. The van der Waals surface area contributed by atoms with Crippen LogP contribution in [-0.2, 0) is 23.9 Å². The molecule has 1 saturated heterocycles. The van der Waals surface area contributed by atoms with E-state index in [1.165, 1.54) is 11.8 Å². The fourth-order valence-corrected chi connectivity index (χ4v) is 3.46. The molecular weight excluding hydrogens is 378 g/mol. The highest BCUT2D eigenvalue weighted by Crippen LogP contribution is 2.21. The second kappa shape index (κ2) is 11.1. The third kappa shape index (κ3) is 6.69. The average molecular weight is 414 g/mol. The van der Waals surface area contributed by atoms with Gasteiger partial charge < -0.3 is 25.4 Å². The number of hydrogen-bond acceptors (Lipinski definition) is 6. The number of carbonyl (C=O) groups excluding carboxylic acids is 4. The molecule has 0 radical (unpaired) electrons. The Morgan fingerprint density at radius 1 is 1.10 bits per heavy atom. The molecule has 0 aliphatic carbocycles. The van der Waals surface area contributed by atoms with Crippen LogP contribution in [0.25, 0.3) is 0 Å². The van der Waals surface area contributed by atoms with Gasteiger partial charge in [-0.2, -0.15) is 0 Å². The summed E-state index contributed by atoms with van der Waals surface area (Å²) in [5, 5.41) is 15.7. The molecule has 0 spiro atoms. The van der Waals surface area contributed by atoms with E-state index in [4.69, 9.17) is 4.74 Å². The number of aliphatic hydroxyl groups is 1. The van der Waals surface area contributed by atoms with E-state index >= 15 is 0 Å². The third-order valence-corrected chi connectivity index (χ3v) is 5.03. The molecule has 1 aliphatic heterocycles. The van der Waals surface area contributed by atoms with Gasteiger partial charge in [0.25, 0.3) is 0 Å².